The lowest BCUT2D eigenvalue weighted by Gasteiger charge is -2.17. The number of hydrogen-bond acceptors (Lipinski definition) is 4. The van der Waals surface area contributed by atoms with Gasteiger partial charge in [0, 0.05) is 18.0 Å². The first kappa shape index (κ1) is 14.8. The van der Waals surface area contributed by atoms with Crippen LogP contribution in [0.15, 0.2) is 23.4 Å². The summed E-state index contributed by atoms with van der Waals surface area (Å²) in [5.74, 6) is -0.0394. The summed E-state index contributed by atoms with van der Waals surface area (Å²) >= 11 is 0. The van der Waals surface area contributed by atoms with Crippen LogP contribution in [0.3, 0.4) is 0 Å². The highest BCUT2D eigenvalue weighted by Crippen LogP contribution is 2.16. The number of carbonyl (C=O) groups is 1. The molecule has 0 aromatic heterocycles. The average molecular weight is 265 g/mol. The Morgan fingerprint density at radius 2 is 2.21 bits per heavy atom. The fourth-order valence-corrected chi connectivity index (χ4v) is 1.76. The summed E-state index contributed by atoms with van der Waals surface area (Å²) in [6.07, 6.45) is 0.953. The Morgan fingerprint density at radius 1 is 1.53 bits per heavy atom. The molecule has 0 aliphatic rings. The van der Waals surface area contributed by atoms with E-state index in [1.54, 1.807) is 13.0 Å². The van der Waals surface area contributed by atoms with Crippen molar-refractivity contribution >= 4 is 11.7 Å². The van der Waals surface area contributed by atoms with E-state index in [4.69, 9.17) is 10.9 Å². The third kappa shape index (κ3) is 4.17. The molecule has 1 unspecified atom stereocenters. The van der Waals surface area contributed by atoms with Crippen LogP contribution in [-0.4, -0.2) is 28.1 Å². The van der Waals surface area contributed by atoms with Crippen LogP contribution in [0.5, 0.6) is 5.75 Å². The molecule has 5 N–H and O–H groups in total. The summed E-state index contributed by atoms with van der Waals surface area (Å²) < 4.78 is 0. The Kier molecular flexibility index (Phi) is 5.17. The number of aromatic hydroxyl groups is 1. The van der Waals surface area contributed by atoms with Crippen molar-refractivity contribution in [2.75, 3.05) is 0 Å². The largest absolute Gasteiger partial charge is 0.508 e. The van der Waals surface area contributed by atoms with Crippen LogP contribution >= 0.6 is 0 Å². The summed E-state index contributed by atoms with van der Waals surface area (Å²) in [5.41, 5.74) is 6.62. The first-order chi connectivity index (χ1) is 8.97. The molecular formula is C13H19N3O3. The van der Waals surface area contributed by atoms with Gasteiger partial charge >= 0.3 is 0 Å². The minimum absolute atomic E-state index is 0.0783. The van der Waals surface area contributed by atoms with Gasteiger partial charge in [-0.3, -0.25) is 4.79 Å². The molecule has 0 fully saturated rings. The van der Waals surface area contributed by atoms with Gasteiger partial charge in [0.1, 0.15) is 11.6 Å². The van der Waals surface area contributed by atoms with Crippen LogP contribution in [0.1, 0.15) is 35.7 Å². The number of nitrogens with two attached hydrogens (primary N) is 1. The highest BCUT2D eigenvalue weighted by atomic mass is 16.4. The second-order valence-electron chi connectivity index (χ2n) is 4.37. The predicted molar refractivity (Wildman–Crippen MR) is 72.4 cm³/mol. The van der Waals surface area contributed by atoms with E-state index in [9.17, 15) is 9.90 Å². The molecule has 104 valence electrons. The molecule has 1 atom stereocenters. The van der Waals surface area contributed by atoms with E-state index in [2.05, 4.69) is 10.5 Å². The van der Waals surface area contributed by atoms with Crippen molar-refractivity contribution in [1.29, 1.82) is 0 Å². The molecule has 0 spiro atoms. The lowest BCUT2D eigenvalue weighted by Crippen LogP contribution is -2.37. The lowest BCUT2D eigenvalue weighted by atomic mass is 10.1. The molecule has 0 saturated heterocycles. The number of amidine groups is 1. The number of benzene rings is 1. The van der Waals surface area contributed by atoms with E-state index in [0.717, 1.165) is 0 Å². The van der Waals surface area contributed by atoms with E-state index < -0.39 is 0 Å². The predicted octanol–water partition coefficient (Wildman–Crippen LogP) is 1.35. The quantitative estimate of drug-likeness (QED) is 0.279. The number of aryl methyl sites for hydroxylation is 1. The number of nitrogens with zero attached hydrogens (tertiary/aromatic N) is 1. The summed E-state index contributed by atoms with van der Waals surface area (Å²) in [6, 6.07) is 4.36. The number of nitrogens with one attached hydrogen (secondary N) is 1. The molecule has 6 heteroatoms. The summed E-state index contributed by atoms with van der Waals surface area (Å²) in [6.45, 7) is 3.65. The fraction of sp³-hybridized carbons (Fsp3) is 0.385. The van der Waals surface area contributed by atoms with Gasteiger partial charge in [-0.25, -0.2) is 0 Å². The maximum Gasteiger partial charge on any atom is 0.251 e. The highest BCUT2D eigenvalue weighted by molar-refractivity contribution is 5.96. The maximum absolute atomic E-state index is 12.1. The maximum atomic E-state index is 12.1. The molecule has 1 aromatic carbocycles. The van der Waals surface area contributed by atoms with E-state index in [-0.39, 0.29) is 30.0 Å². The van der Waals surface area contributed by atoms with Crippen molar-refractivity contribution in [2.24, 2.45) is 10.9 Å². The molecule has 0 radical (unpaired) electrons. The van der Waals surface area contributed by atoms with Crippen LogP contribution in [0.25, 0.3) is 0 Å². The Labute approximate surface area is 111 Å². The Bertz CT molecular complexity index is 486. The third-order valence-electron chi connectivity index (χ3n) is 2.87. The number of rotatable bonds is 5. The fourth-order valence-electron chi connectivity index (χ4n) is 1.76. The molecule has 6 nitrogen and oxygen atoms in total. The number of hydrogen-bond donors (Lipinski definition) is 4. The summed E-state index contributed by atoms with van der Waals surface area (Å²) in [4.78, 5) is 12.1. The van der Waals surface area contributed by atoms with Crippen LogP contribution in [-0.2, 0) is 0 Å². The molecule has 1 aromatic rings. The molecule has 0 aliphatic carbocycles. The number of amides is 1. The highest BCUT2D eigenvalue weighted by Gasteiger charge is 2.15. The van der Waals surface area contributed by atoms with Crippen LogP contribution in [0.4, 0.5) is 0 Å². The topological polar surface area (TPSA) is 108 Å². The van der Waals surface area contributed by atoms with Gasteiger partial charge in [-0.2, -0.15) is 0 Å². The average Bonchev–Trinajstić information content (AvgIpc) is 2.37. The van der Waals surface area contributed by atoms with Crippen molar-refractivity contribution < 1.29 is 15.1 Å². The first-order valence-electron chi connectivity index (χ1n) is 6.04. The monoisotopic (exact) mass is 265 g/mol. The zero-order chi connectivity index (χ0) is 14.4. The van der Waals surface area contributed by atoms with Crippen LogP contribution < -0.4 is 11.1 Å². The molecule has 1 rings (SSSR count). The zero-order valence-corrected chi connectivity index (χ0v) is 11.1. The molecule has 0 aliphatic heterocycles. The third-order valence-corrected chi connectivity index (χ3v) is 2.87. The van der Waals surface area contributed by atoms with Gasteiger partial charge in [-0.05, 0) is 37.1 Å². The smallest absolute Gasteiger partial charge is 0.251 e. The minimum Gasteiger partial charge on any atom is -0.508 e. The zero-order valence-electron chi connectivity index (χ0n) is 11.1. The van der Waals surface area contributed by atoms with E-state index >= 15 is 0 Å². The molecule has 1 amide bonds. The summed E-state index contributed by atoms with van der Waals surface area (Å²) in [7, 11) is 0. The van der Waals surface area contributed by atoms with Gasteiger partial charge in [-0.1, -0.05) is 12.1 Å². The van der Waals surface area contributed by atoms with Crippen molar-refractivity contribution in [3.63, 3.8) is 0 Å². The van der Waals surface area contributed by atoms with Gasteiger partial charge in [0.25, 0.3) is 5.91 Å². The molecular weight excluding hydrogens is 246 g/mol. The number of phenols is 1. The first-order valence-corrected chi connectivity index (χ1v) is 6.04. The van der Waals surface area contributed by atoms with E-state index in [0.29, 0.717) is 17.5 Å². The standard InChI is InChI=1S/C13H19N3O3/c1-3-9(7-12(14)16-19)15-13(18)11-5-4-10(17)6-8(11)2/h4-6,9,17,19H,3,7H2,1-2H3,(H2,14,16)(H,15,18). The normalized spacial score (nSPS) is 13.1. The van der Waals surface area contributed by atoms with Crippen molar-refractivity contribution in [1.82, 2.24) is 5.32 Å². The van der Waals surface area contributed by atoms with Gasteiger partial charge in [0.05, 0.1) is 0 Å². The minimum atomic E-state index is -0.241. The number of phenolic OH excluding ortho intramolecular Hbond substituents is 1. The van der Waals surface area contributed by atoms with Gasteiger partial charge in [-0.15, -0.1) is 0 Å². The second-order valence-corrected chi connectivity index (χ2v) is 4.37. The van der Waals surface area contributed by atoms with Gasteiger partial charge in [0.15, 0.2) is 0 Å². The van der Waals surface area contributed by atoms with Crippen molar-refractivity contribution in [3.05, 3.63) is 29.3 Å². The summed E-state index contributed by atoms with van der Waals surface area (Å²) in [5, 5.41) is 23.5. The molecule has 0 heterocycles. The Morgan fingerprint density at radius 3 is 2.74 bits per heavy atom. The second kappa shape index (κ2) is 6.63. The van der Waals surface area contributed by atoms with Crippen molar-refractivity contribution in [3.8, 4) is 5.75 Å². The lowest BCUT2D eigenvalue weighted by molar-refractivity contribution is 0.0936. The van der Waals surface area contributed by atoms with Gasteiger partial charge in [0.2, 0.25) is 0 Å². The molecule has 0 saturated carbocycles. The van der Waals surface area contributed by atoms with Crippen molar-refractivity contribution in [2.45, 2.75) is 32.7 Å². The van der Waals surface area contributed by atoms with Gasteiger partial charge < -0.3 is 21.4 Å². The van der Waals surface area contributed by atoms with E-state index in [1.807, 2.05) is 6.92 Å². The SMILES string of the molecule is CCC(C/C(N)=N/O)NC(=O)c1ccc(O)cc1C. The Hall–Kier alpha value is -2.24. The van der Waals surface area contributed by atoms with Crippen LogP contribution in [0.2, 0.25) is 0 Å². The Balaban J connectivity index is 2.77. The van der Waals surface area contributed by atoms with Crippen LogP contribution in [0, 0.1) is 6.92 Å². The molecule has 0 bridgehead atoms. The molecule has 19 heavy (non-hydrogen) atoms. The number of oxime groups is 1. The van der Waals surface area contributed by atoms with E-state index in [1.165, 1.54) is 12.1 Å². The number of carbonyl (C=O) groups excluding carboxylic acids is 1.